The fraction of sp³-hybridized carbons (Fsp3) is 0.0526. The molecule has 0 fully saturated rings. The van der Waals surface area contributed by atoms with Gasteiger partial charge in [-0.2, -0.15) is 0 Å². The third kappa shape index (κ3) is 3.06. The van der Waals surface area contributed by atoms with Gasteiger partial charge in [0.25, 0.3) is 0 Å². The number of hydrogen-bond donors (Lipinski definition) is 0. The molecular formula is C19H14O4. The average molecular weight is 306 g/mol. The van der Waals surface area contributed by atoms with E-state index in [0.29, 0.717) is 28.9 Å². The monoisotopic (exact) mass is 306 g/mol. The molecule has 2 aromatic carbocycles. The number of fused-ring (bicyclic) bond motifs is 1. The van der Waals surface area contributed by atoms with Crippen LogP contribution in [-0.2, 0) is 0 Å². The van der Waals surface area contributed by atoms with E-state index in [1.54, 1.807) is 54.6 Å². The van der Waals surface area contributed by atoms with Crippen LogP contribution in [-0.4, -0.2) is 12.4 Å². The van der Waals surface area contributed by atoms with Crippen molar-refractivity contribution in [3.05, 3.63) is 88.8 Å². The first-order valence-corrected chi connectivity index (χ1v) is 7.10. The largest absolute Gasteiger partial charge is 0.490 e. The van der Waals surface area contributed by atoms with Gasteiger partial charge in [-0.25, -0.2) is 4.79 Å². The minimum Gasteiger partial charge on any atom is -0.490 e. The van der Waals surface area contributed by atoms with Crippen LogP contribution >= 0.6 is 0 Å². The SMILES string of the molecule is C=CCOc1ccc(C(=O)c2cc3ccccc3oc2=O)cc1. The highest BCUT2D eigenvalue weighted by Crippen LogP contribution is 2.17. The van der Waals surface area contributed by atoms with E-state index in [9.17, 15) is 9.59 Å². The number of carbonyl (C=O) groups excluding carboxylic acids is 1. The molecule has 3 rings (SSSR count). The number of ketones is 1. The Hall–Kier alpha value is -3.14. The number of hydrogen-bond acceptors (Lipinski definition) is 4. The van der Waals surface area contributed by atoms with Crippen LogP contribution in [0.2, 0.25) is 0 Å². The van der Waals surface area contributed by atoms with Gasteiger partial charge in [0.1, 0.15) is 23.5 Å². The molecule has 1 aromatic heterocycles. The first-order chi connectivity index (χ1) is 11.2. The lowest BCUT2D eigenvalue weighted by atomic mass is 10.0. The lowest BCUT2D eigenvalue weighted by Gasteiger charge is -2.05. The molecule has 0 N–H and O–H groups in total. The van der Waals surface area contributed by atoms with Gasteiger partial charge in [0.2, 0.25) is 0 Å². The Morgan fingerprint density at radius 2 is 1.87 bits per heavy atom. The van der Waals surface area contributed by atoms with Gasteiger partial charge < -0.3 is 9.15 Å². The van der Waals surface area contributed by atoms with Gasteiger partial charge in [-0.15, -0.1) is 0 Å². The predicted molar refractivity (Wildman–Crippen MR) is 88.1 cm³/mol. The Morgan fingerprint density at radius 3 is 2.61 bits per heavy atom. The van der Waals surface area contributed by atoms with Crippen LogP contribution in [0.15, 0.2) is 76.5 Å². The van der Waals surface area contributed by atoms with Crippen LogP contribution in [0.5, 0.6) is 5.75 Å². The number of para-hydroxylation sites is 1. The molecule has 0 aliphatic heterocycles. The summed E-state index contributed by atoms with van der Waals surface area (Å²) < 4.78 is 10.6. The van der Waals surface area contributed by atoms with E-state index in [1.165, 1.54) is 0 Å². The van der Waals surface area contributed by atoms with Crippen molar-refractivity contribution in [2.24, 2.45) is 0 Å². The molecule has 0 aliphatic carbocycles. The van der Waals surface area contributed by atoms with Gasteiger partial charge in [-0.05, 0) is 36.4 Å². The van der Waals surface area contributed by atoms with Crippen LogP contribution in [0, 0.1) is 0 Å². The van der Waals surface area contributed by atoms with E-state index < -0.39 is 5.63 Å². The Kier molecular flexibility index (Phi) is 4.06. The van der Waals surface area contributed by atoms with Gasteiger partial charge in [0.05, 0.1) is 0 Å². The summed E-state index contributed by atoms with van der Waals surface area (Å²) in [6, 6.07) is 15.2. The maximum atomic E-state index is 12.5. The number of benzene rings is 2. The van der Waals surface area contributed by atoms with Crippen molar-refractivity contribution in [2.75, 3.05) is 6.61 Å². The van der Waals surface area contributed by atoms with E-state index in [1.807, 2.05) is 6.07 Å². The molecule has 0 saturated heterocycles. The van der Waals surface area contributed by atoms with E-state index >= 15 is 0 Å². The summed E-state index contributed by atoms with van der Waals surface area (Å²) in [5.74, 6) is 0.256. The Balaban J connectivity index is 1.95. The third-order valence-corrected chi connectivity index (χ3v) is 3.37. The minimum atomic E-state index is -0.638. The van der Waals surface area contributed by atoms with Gasteiger partial charge in [-0.1, -0.05) is 30.9 Å². The fourth-order valence-corrected chi connectivity index (χ4v) is 2.23. The molecule has 4 heteroatoms. The van der Waals surface area contributed by atoms with Crippen LogP contribution in [0.4, 0.5) is 0 Å². The van der Waals surface area contributed by atoms with Gasteiger partial charge in [0, 0.05) is 10.9 Å². The van der Waals surface area contributed by atoms with Crippen molar-refractivity contribution in [2.45, 2.75) is 0 Å². The second-order valence-electron chi connectivity index (χ2n) is 4.94. The molecule has 0 spiro atoms. The molecule has 0 amide bonds. The minimum absolute atomic E-state index is 0.0171. The van der Waals surface area contributed by atoms with Crippen molar-refractivity contribution in [3.8, 4) is 5.75 Å². The maximum Gasteiger partial charge on any atom is 0.347 e. The van der Waals surface area contributed by atoms with Crippen LogP contribution in [0.3, 0.4) is 0 Å². The van der Waals surface area contributed by atoms with Crippen LogP contribution < -0.4 is 10.4 Å². The van der Waals surface area contributed by atoms with E-state index in [0.717, 1.165) is 0 Å². The molecule has 0 aliphatic rings. The topological polar surface area (TPSA) is 56.5 Å². The molecule has 0 unspecified atom stereocenters. The molecular weight excluding hydrogens is 292 g/mol. The Labute approximate surface area is 132 Å². The smallest absolute Gasteiger partial charge is 0.347 e. The van der Waals surface area contributed by atoms with Gasteiger partial charge in [0.15, 0.2) is 5.78 Å². The highest BCUT2D eigenvalue weighted by Gasteiger charge is 2.15. The highest BCUT2D eigenvalue weighted by atomic mass is 16.5. The van der Waals surface area contributed by atoms with Crippen molar-refractivity contribution in [1.82, 2.24) is 0 Å². The average Bonchev–Trinajstić information content (AvgIpc) is 2.59. The predicted octanol–water partition coefficient (Wildman–Crippen LogP) is 3.59. The van der Waals surface area contributed by atoms with Crippen molar-refractivity contribution >= 4 is 16.8 Å². The standard InChI is InChI=1S/C19H14O4/c1-2-11-22-15-9-7-13(8-10-15)18(20)16-12-14-5-3-4-6-17(14)23-19(16)21/h2-10,12H,1,11H2. The second-order valence-corrected chi connectivity index (χ2v) is 4.94. The zero-order valence-electron chi connectivity index (χ0n) is 12.3. The summed E-state index contributed by atoms with van der Waals surface area (Å²) in [6.45, 7) is 3.96. The van der Waals surface area contributed by atoms with Gasteiger partial charge in [-0.3, -0.25) is 4.79 Å². The van der Waals surface area contributed by atoms with E-state index in [2.05, 4.69) is 6.58 Å². The molecule has 4 nitrogen and oxygen atoms in total. The fourth-order valence-electron chi connectivity index (χ4n) is 2.23. The number of ether oxygens (including phenoxy) is 1. The number of carbonyl (C=O) groups is 1. The molecule has 3 aromatic rings. The zero-order chi connectivity index (χ0) is 16.2. The second kappa shape index (κ2) is 6.32. The summed E-state index contributed by atoms with van der Waals surface area (Å²) in [4.78, 5) is 24.6. The Bertz CT molecular complexity index is 920. The summed E-state index contributed by atoms with van der Waals surface area (Å²) in [7, 11) is 0. The summed E-state index contributed by atoms with van der Waals surface area (Å²) in [6.07, 6.45) is 1.64. The lowest BCUT2D eigenvalue weighted by Crippen LogP contribution is -2.14. The molecule has 0 radical (unpaired) electrons. The first kappa shape index (κ1) is 14.8. The van der Waals surface area contributed by atoms with Crippen molar-refractivity contribution in [3.63, 3.8) is 0 Å². The molecule has 114 valence electrons. The Morgan fingerprint density at radius 1 is 1.13 bits per heavy atom. The summed E-state index contributed by atoms with van der Waals surface area (Å²) in [5, 5.41) is 0.710. The molecule has 0 bridgehead atoms. The summed E-state index contributed by atoms with van der Waals surface area (Å²) >= 11 is 0. The zero-order valence-corrected chi connectivity index (χ0v) is 12.3. The van der Waals surface area contributed by atoms with Crippen molar-refractivity contribution in [1.29, 1.82) is 0 Å². The van der Waals surface area contributed by atoms with Gasteiger partial charge >= 0.3 is 5.63 Å². The highest BCUT2D eigenvalue weighted by molar-refractivity contribution is 6.09. The summed E-state index contributed by atoms with van der Waals surface area (Å²) in [5.41, 5.74) is 0.241. The van der Waals surface area contributed by atoms with Crippen LogP contribution in [0.1, 0.15) is 15.9 Å². The van der Waals surface area contributed by atoms with E-state index in [-0.39, 0.29) is 11.3 Å². The molecule has 0 saturated carbocycles. The number of rotatable bonds is 5. The molecule has 23 heavy (non-hydrogen) atoms. The molecule has 0 atom stereocenters. The van der Waals surface area contributed by atoms with E-state index in [4.69, 9.17) is 9.15 Å². The maximum absolute atomic E-state index is 12.5. The first-order valence-electron chi connectivity index (χ1n) is 7.10. The normalized spacial score (nSPS) is 10.4. The van der Waals surface area contributed by atoms with Crippen LogP contribution in [0.25, 0.3) is 11.0 Å². The molecule has 1 heterocycles. The third-order valence-electron chi connectivity index (χ3n) is 3.37. The van der Waals surface area contributed by atoms with Crippen molar-refractivity contribution < 1.29 is 13.9 Å². The lowest BCUT2D eigenvalue weighted by molar-refractivity contribution is 0.103. The quantitative estimate of drug-likeness (QED) is 0.410.